The molecular formula is C10H17NO2S. The number of rotatable bonds is 3. The lowest BCUT2D eigenvalue weighted by atomic mass is 10.1. The first kappa shape index (κ1) is 13.1. The van der Waals surface area contributed by atoms with Crippen molar-refractivity contribution in [3.63, 3.8) is 0 Å². The Morgan fingerprint density at radius 2 is 1.71 bits per heavy atom. The third-order valence-corrected chi connectivity index (χ3v) is 1.66. The first-order valence-electron chi connectivity index (χ1n) is 4.59. The van der Waals surface area contributed by atoms with Crippen molar-refractivity contribution in [2.75, 3.05) is 0 Å². The quantitative estimate of drug-likeness (QED) is 0.751. The number of thiol groups is 1. The highest BCUT2D eigenvalue weighted by Crippen LogP contribution is 2.03. The maximum absolute atomic E-state index is 8.81. The Balaban J connectivity index is 0.000000364. The molecule has 0 unspecified atom stereocenters. The number of hydrogen-bond donors (Lipinski definition) is 2. The zero-order chi connectivity index (χ0) is 10.8. The van der Waals surface area contributed by atoms with Crippen molar-refractivity contribution in [2.24, 2.45) is 5.14 Å². The minimum Gasteiger partial charge on any atom is -0.231 e. The number of hydrogen-bond acceptors (Lipinski definition) is 2. The molecule has 1 rings (SSSR count). The van der Waals surface area contributed by atoms with Crippen LogP contribution in [0.2, 0.25) is 0 Å². The highest BCUT2D eigenvalue weighted by Gasteiger charge is 1.87. The first-order valence-corrected chi connectivity index (χ1v) is 5.84. The molecule has 0 amide bonds. The second kappa shape index (κ2) is 8.72. The second-order valence-corrected chi connectivity index (χ2v) is 3.45. The molecule has 1 aromatic carbocycles. The van der Waals surface area contributed by atoms with E-state index in [1.807, 2.05) is 0 Å². The molecule has 0 bridgehead atoms. The summed E-state index contributed by atoms with van der Waals surface area (Å²) in [5, 5.41) is 4.06. The van der Waals surface area contributed by atoms with Crippen molar-refractivity contribution in [3.05, 3.63) is 35.9 Å². The maximum atomic E-state index is 8.81. The lowest BCUT2D eigenvalue weighted by Gasteiger charge is -1.96. The van der Waals surface area contributed by atoms with Crippen LogP contribution in [0.3, 0.4) is 0 Å². The maximum Gasteiger partial charge on any atom is 0.198 e. The Morgan fingerprint density at radius 1 is 1.21 bits per heavy atom. The Kier molecular flexibility index (Phi) is 8.17. The molecule has 0 aliphatic carbocycles. The van der Waals surface area contributed by atoms with Gasteiger partial charge in [-0.15, -0.1) is 0 Å². The van der Waals surface area contributed by atoms with E-state index in [0.29, 0.717) is 0 Å². The van der Waals surface area contributed by atoms with Crippen LogP contribution >= 0.6 is 0 Å². The van der Waals surface area contributed by atoms with Crippen LogP contribution in [0.15, 0.2) is 30.3 Å². The summed E-state index contributed by atoms with van der Waals surface area (Å²) in [6.07, 6.45) is 3.83. The molecule has 0 aliphatic rings. The summed E-state index contributed by atoms with van der Waals surface area (Å²) in [6.45, 7) is 2.23. The molecule has 0 saturated carbocycles. The van der Waals surface area contributed by atoms with E-state index in [2.05, 4.69) is 42.4 Å². The van der Waals surface area contributed by atoms with Gasteiger partial charge in [-0.2, -0.15) is 0 Å². The molecule has 80 valence electrons. The third-order valence-electron chi connectivity index (χ3n) is 1.66. The fourth-order valence-corrected chi connectivity index (χ4v) is 1.03. The average molecular weight is 215 g/mol. The monoisotopic (exact) mass is 215 g/mol. The molecule has 0 heterocycles. The van der Waals surface area contributed by atoms with Crippen LogP contribution in [-0.4, -0.2) is 8.42 Å². The summed E-state index contributed by atoms with van der Waals surface area (Å²) in [7, 11) is -2.62. The Hall–Kier alpha value is -0.870. The summed E-state index contributed by atoms with van der Waals surface area (Å²) in [6, 6.07) is 10.6. The largest absolute Gasteiger partial charge is 0.231 e. The van der Waals surface area contributed by atoms with Gasteiger partial charge >= 0.3 is 0 Å². The highest BCUT2D eigenvalue weighted by atomic mass is 32.2. The normalized spacial score (nSPS) is 9.36. The smallest absolute Gasteiger partial charge is 0.198 e. The summed E-state index contributed by atoms with van der Waals surface area (Å²) in [5.41, 5.74) is 1.46. The van der Waals surface area contributed by atoms with E-state index >= 15 is 0 Å². The molecule has 0 spiro atoms. The number of nitrogens with two attached hydrogens (primary N) is 1. The summed E-state index contributed by atoms with van der Waals surface area (Å²) in [4.78, 5) is 0. The molecular weight excluding hydrogens is 198 g/mol. The van der Waals surface area contributed by atoms with Crippen molar-refractivity contribution in [3.8, 4) is 0 Å². The van der Waals surface area contributed by atoms with Crippen LogP contribution in [0.5, 0.6) is 0 Å². The van der Waals surface area contributed by atoms with Crippen LogP contribution in [0, 0.1) is 0 Å². The SMILES string of the molecule is CCCCc1ccccc1.N[SH](=O)=O. The lowest BCUT2D eigenvalue weighted by molar-refractivity contribution is 0.616. The van der Waals surface area contributed by atoms with Crippen LogP contribution in [0.4, 0.5) is 0 Å². The zero-order valence-corrected chi connectivity index (χ0v) is 9.24. The average Bonchev–Trinajstić information content (AvgIpc) is 2.15. The van der Waals surface area contributed by atoms with E-state index in [-0.39, 0.29) is 0 Å². The van der Waals surface area contributed by atoms with E-state index in [9.17, 15) is 0 Å². The topological polar surface area (TPSA) is 60.2 Å². The van der Waals surface area contributed by atoms with Crippen LogP contribution in [0.25, 0.3) is 0 Å². The minimum atomic E-state index is -2.62. The Bertz CT molecular complexity index is 288. The van der Waals surface area contributed by atoms with E-state index in [1.54, 1.807) is 0 Å². The van der Waals surface area contributed by atoms with Crippen LogP contribution in [-0.2, 0) is 17.3 Å². The van der Waals surface area contributed by atoms with Gasteiger partial charge in [-0.25, -0.2) is 13.6 Å². The lowest BCUT2D eigenvalue weighted by Crippen LogP contribution is -1.85. The first-order chi connectivity index (χ1) is 6.66. The van der Waals surface area contributed by atoms with Crippen molar-refractivity contribution < 1.29 is 8.42 Å². The van der Waals surface area contributed by atoms with Crippen molar-refractivity contribution in [1.82, 2.24) is 0 Å². The highest BCUT2D eigenvalue weighted by molar-refractivity contribution is 7.69. The molecule has 14 heavy (non-hydrogen) atoms. The summed E-state index contributed by atoms with van der Waals surface area (Å²) in [5.74, 6) is 0. The van der Waals surface area contributed by atoms with Gasteiger partial charge in [0.2, 0.25) is 0 Å². The minimum absolute atomic E-state index is 1.23. The molecule has 1 aromatic rings. The van der Waals surface area contributed by atoms with Crippen molar-refractivity contribution >= 4 is 10.9 Å². The molecule has 0 aliphatic heterocycles. The molecule has 3 nitrogen and oxygen atoms in total. The van der Waals surface area contributed by atoms with Gasteiger partial charge in [0.1, 0.15) is 0 Å². The van der Waals surface area contributed by atoms with Gasteiger partial charge < -0.3 is 0 Å². The van der Waals surface area contributed by atoms with E-state index < -0.39 is 10.9 Å². The van der Waals surface area contributed by atoms with Gasteiger partial charge in [-0.05, 0) is 18.4 Å². The van der Waals surface area contributed by atoms with Crippen LogP contribution < -0.4 is 5.14 Å². The second-order valence-electron chi connectivity index (χ2n) is 2.87. The molecule has 2 N–H and O–H groups in total. The molecule has 4 heteroatoms. The van der Waals surface area contributed by atoms with Gasteiger partial charge in [0.25, 0.3) is 0 Å². The fourth-order valence-electron chi connectivity index (χ4n) is 1.03. The Morgan fingerprint density at radius 3 is 2.14 bits per heavy atom. The van der Waals surface area contributed by atoms with Crippen molar-refractivity contribution in [2.45, 2.75) is 26.2 Å². The summed E-state index contributed by atoms with van der Waals surface area (Å²) >= 11 is 0. The zero-order valence-electron chi connectivity index (χ0n) is 8.35. The van der Waals surface area contributed by atoms with Gasteiger partial charge in [0.05, 0.1) is 0 Å². The predicted octanol–water partition coefficient (Wildman–Crippen LogP) is 1.50. The molecule has 0 atom stereocenters. The predicted molar refractivity (Wildman–Crippen MR) is 59.6 cm³/mol. The van der Waals surface area contributed by atoms with E-state index in [4.69, 9.17) is 8.42 Å². The number of benzene rings is 1. The third kappa shape index (κ3) is 9.22. The van der Waals surface area contributed by atoms with Crippen LogP contribution in [0.1, 0.15) is 25.3 Å². The number of unbranched alkanes of at least 4 members (excludes halogenated alkanes) is 1. The molecule has 0 saturated heterocycles. The summed E-state index contributed by atoms with van der Waals surface area (Å²) < 4.78 is 17.6. The molecule has 0 fully saturated rings. The van der Waals surface area contributed by atoms with E-state index in [0.717, 1.165) is 0 Å². The van der Waals surface area contributed by atoms with Gasteiger partial charge in [0.15, 0.2) is 10.9 Å². The van der Waals surface area contributed by atoms with Gasteiger partial charge in [-0.1, -0.05) is 43.7 Å². The number of aryl methyl sites for hydroxylation is 1. The van der Waals surface area contributed by atoms with Gasteiger partial charge in [-0.3, -0.25) is 0 Å². The molecule has 0 radical (unpaired) electrons. The van der Waals surface area contributed by atoms with Crippen molar-refractivity contribution in [1.29, 1.82) is 0 Å². The molecule has 0 aromatic heterocycles. The fraction of sp³-hybridized carbons (Fsp3) is 0.400. The van der Waals surface area contributed by atoms with E-state index in [1.165, 1.54) is 24.8 Å². The Labute approximate surface area is 87.0 Å². The van der Waals surface area contributed by atoms with Gasteiger partial charge in [0, 0.05) is 0 Å². The standard InChI is InChI=1S/C10H14.H3NO2S/c1-2-3-7-10-8-5-4-6-9-10;1-4(2)3/h4-6,8-9H,2-3,7H2,1H3;4H,(H2,1,2,3).